The van der Waals surface area contributed by atoms with E-state index in [4.69, 9.17) is 4.99 Å². The Bertz CT molecular complexity index is 2010. The molecule has 3 atom stereocenters. The molecule has 5 nitrogen and oxygen atoms in total. The van der Waals surface area contributed by atoms with E-state index in [-0.39, 0.29) is 18.5 Å². The molecule has 0 bridgehead atoms. The molecule has 3 unspecified atom stereocenters. The maximum Gasteiger partial charge on any atom is 0.131 e. The van der Waals surface area contributed by atoms with E-state index >= 15 is 0 Å². The van der Waals surface area contributed by atoms with Gasteiger partial charge in [0.1, 0.15) is 24.3 Å². The van der Waals surface area contributed by atoms with Gasteiger partial charge in [0.15, 0.2) is 0 Å². The van der Waals surface area contributed by atoms with Crippen LogP contribution in [0.4, 0.5) is 0 Å². The SMILES string of the molecule is C1=CC(n2c3ccccc3c3ccc(-c4ccccc4)cc32)NC=C1C1N=C(c2ccccc2)NC(c2ccccc2)N1. The van der Waals surface area contributed by atoms with Crippen LogP contribution in [0.5, 0.6) is 0 Å². The molecule has 1 aromatic heterocycles. The van der Waals surface area contributed by atoms with Crippen molar-refractivity contribution in [3.63, 3.8) is 0 Å². The molecule has 2 aliphatic rings. The third-order valence-electron chi connectivity index (χ3n) is 8.35. The van der Waals surface area contributed by atoms with E-state index < -0.39 is 0 Å². The molecule has 0 saturated carbocycles. The third-order valence-corrected chi connectivity index (χ3v) is 8.35. The highest BCUT2D eigenvalue weighted by Gasteiger charge is 2.27. The molecule has 6 aromatic rings. The molecule has 0 aliphatic carbocycles. The van der Waals surface area contributed by atoms with Crippen LogP contribution >= 0.6 is 0 Å². The molecule has 3 N–H and O–H groups in total. The summed E-state index contributed by atoms with van der Waals surface area (Å²) in [4.78, 5) is 5.11. The average molecular weight is 558 g/mol. The van der Waals surface area contributed by atoms with Crippen molar-refractivity contribution in [2.75, 3.05) is 0 Å². The lowest BCUT2D eigenvalue weighted by molar-refractivity contribution is 0.431. The van der Waals surface area contributed by atoms with E-state index in [1.807, 2.05) is 12.1 Å². The first-order chi connectivity index (χ1) is 21.3. The molecule has 5 heteroatoms. The second-order valence-corrected chi connectivity index (χ2v) is 11.0. The Kier molecular flexibility index (Phi) is 6.35. The lowest BCUT2D eigenvalue weighted by atomic mass is 10.0. The van der Waals surface area contributed by atoms with Crippen LogP contribution in [0.1, 0.15) is 23.5 Å². The van der Waals surface area contributed by atoms with Crippen LogP contribution in [-0.2, 0) is 0 Å². The zero-order valence-electron chi connectivity index (χ0n) is 23.6. The molecule has 0 saturated heterocycles. The van der Waals surface area contributed by atoms with Crippen molar-refractivity contribution < 1.29 is 0 Å². The van der Waals surface area contributed by atoms with Gasteiger partial charge in [-0.25, -0.2) is 4.99 Å². The summed E-state index contributed by atoms with van der Waals surface area (Å²) in [6, 6.07) is 46.8. The van der Waals surface area contributed by atoms with Gasteiger partial charge in [-0.1, -0.05) is 127 Å². The molecule has 0 amide bonds. The number of aromatic nitrogens is 1. The molecule has 0 radical (unpaired) electrons. The van der Waals surface area contributed by atoms with Gasteiger partial charge in [-0.3, -0.25) is 5.32 Å². The minimum atomic E-state index is -0.214. The van der Waals surface area contributed by atoms with Crippen LogP contribution in [0.15, 0.2) is 162 Å². The van der Waals surface area contributed by atoms with Crippen LogP contribution in [0.3, 0.4) is 0 Å². The number of benzene rings is 5. The first-order valence-electron chi connectivity index (χ1n) is 14.7. The van der Waals surface area contributed by atoms with Crippen molar-refractivity contribution in [3.8, 4) is 11.1 Å². The zero-order valence-corrected chi connectivity index (χ0v) is 23.6. The highest BCUT2D eigenvalue weighted by atomic mass is 15.3. The second-order valence-electron chi connectivity index (χ2n) is 11.0. The number of amidine groups is 1. The summed E-state index contributed by atoms with van der Waals surface area (Å²) in [5, 5.41) is 13.5. The molecule has 2 aliphatic heterocycles. The monoisotopic (exact) mass is 557 g/mol. The molecule has 208 valence electrons. The first-order valence-corrected chi connectivity index (χ1v) is 14.7. The Labute approximate surface area is 250 Å². The molecule has 43 heavy (non-hydrogen) atoms. The summed E-state index contributed by atoms with van der Waals surface area (Å²) in [6.07, 6.45) is 6.24. The number of nitrogens with one attached hydrogen (secondary N) is 3. The van der Waals surface area contributed by atoms with Crippen molar-refractivity contribution >= 4 is 27.6 Å². The average Bonchev–Trinajstić information content (AvgIpc) is 3.43. The summed E-state index contributed by atoms with van der Waals surface area (Å²) in [5.41, 5.74) is 8.15. The van der Waals surface area contributed by atoms with Crippen LogP contribution in [-0.4, -0.2) is 16.6 Å². The van der Waals surface area contributed by atoms with Gasteiger partial charge in [0.05, 0.1) is 11.0 Å². The van der Waals surface area contributed by atoms with Gasteiger partial charge in [-0.05, 0) is 34.9 Å². The standard InChI is InChI=1S/C38H31N5/c1-4-12-26(13-5-1)29-20-22-32-31-18-10-11-19-33(31)43(34(32)24-29)35-23-21-30(25-39-35)38-41-36(27-14-6-2-7-15-27)40-37(42-38)28-16-8-3-9-17-28/h1-25,35-36,38-39,41H,(H,40,42). The third kappa shape index (κ3) is 4.70. The van der Waals surface area contributed by atoms with Crippen LogP contribution in [0.25, 0.3) is 32.9 Å². The molecular weight excluding hydrogens is 526 g/mol. The fourth-order valence-electron chi connectivity index (χ4n) is 6.22. The first kappa shape index (κ1) is 25.3. The Morgan fingerprint density at radius 2 is 1.28 bits per heavy atom. The molecule has 3 heterocycles. The van der Waals surface area contributed by atoms with Crippen molar-refractivity contribution in [2.45, 2.75) is 18.5 Å². The van der Waals surface area contributed by atoms with E-state index in [9.17, 15) is 0 Å². The Balaban J connectivity index is 1.15. The zero-order chi connectivity index (χ0) is 28.6. The Hall–Kier alpha value is -5.39. The predicted octanol–water partition coefficient (Wildman–Crippen LogP) is 7.67. The summed E-state index contributed by atoms with van der Waals surface area (Å²) in [6.45, 7) is 0. The number of hydrogen-bond donors (Lipinski definition) is 3. The highest BCUT2D eigenvalue weighted by molar-refractivity contribution is 6.09. The van der Waals surface area contributed by atoms with Crippen LogP contribution in [0, 0.1) is 0 Å². The van der Waals surface area contributed by atoms with Gasteiger partial charge in [0.2, 0.25) is 0 Å². The number of para-hydroxylation sites is 1. The minimum Gasteiger partial charge on any atom is -0.367 e. The normalized spacial score (nSPS) is 19.9. The number of fused-ring (bicyclic) bond motifs is 3. The van der Waals surface area contributed by atoms with Crippen LogP contribution < -0.4 is 16.0 Å². The molecular formula is C38H31N5. The summed E-state index contributed by atoms with van der Waals surface area (Å²) >= 11 is 0. The molecule has 5 aromatic carbocycles. The smallest absolute Gasteiger partial charge is 0.131 e. The lowest BCUT2D eigenvalue weighted by Crippen LogP contribution is -2.49. The van der Waals surface area contributed by atoms with E-state index in [0.29, 0.717) is 0 Å². The molecule has 0 fully saturated rings. The maximum atomic E-state index is 5.11. The number of rotatable bonds is 5. The van der Waals surface area contributed by atoms with Gasteiger partial charge in [-0.2, -0.15) is 0 Å². The largest absolute Gasteiger partial charge is 0.367 e. The Morgan fingerprint density at radius 3 is 2.02 bits per heavy atom. The van der Waals surface area contributed by atoms with E-state index in [1.165, 1.54) is 38.5 Å². The number of hydrogen-bond acceptors (Lipinski definition) is 4. The molecule has 0 spiro atoms. The van der Waals surface area contributed by atoms with Crippen LogP contribution in [0.2, 0.25) is 0 Å². The van der Waals surface area contributed by atoms with Crippen molar-refractivity contribution in [1.29, 1.82) is 0 Å². The quantitative estimate of drug-likeness (QED) is 0.204. The van der Waals surface area contributed by atoms with E-state index in [2.05, 4.69) is 160 Å². The maximum absolute atomic E-state index is 5.11. The van der Waals surface area contributed by atoms with E-state index in [1.54, 1.807) is 0 Å². The second kappa shape index (κ2) is 10.8. The fourth-order valence-corrected chi connectivity index (χ4v) is 6.22. The molecule has 8 rings (SSSR count). The van der Waals surface area contributed by atoms with Gasteiger partial charge in [-0.15, -0.1) is 0 Å². The number of dihydropyridines is 1. The topological polar surface area (TPSA) is 53.4 Å². The summed E-state index contributed by atoms with van der Waals surface area (Å²) in [5.74, 6) is 0.880. The summed E-state index contributed by atoms with van der Waals surface area (Å²) < 4.78 is 2.40. The lowest BCUT2D eigenvalue weighted by Gasteiger charge is -2.33. The number of aliphatic imine (C=N–C) groups is 1. The predicted molar refractivity (Wildman–Crippen MR) is 176 cm³/mol. The van der Waals surface area contributed by atoms with Gasteiger partial charge >= 0.3 is 0 Å². The Morgan fingerprint density at radius 1 is 0.605 bits per heavy atom. The minimum absolute atomic E-state index is 0.0404. The highest BCUT2D eigenvalue weighted by Crippen LogP contribution is 2.35. The number of nitrogens with zero attached hydrogens (tertiary/aromatic N) is 2. The van der Waals surface area contributed by atoms with E-state index in [0.717, 1.165) is 17.0 Å². The van der Waals surface area contributed by atoms with Gasteiger partial charge in [0, 0.05) is 28.1 Å². The fraction of sp³-hybridized carbons (Fsp3) is 0.0789. The van der Waals surface area contributed by atoms with Gasteiger partial charge < -0.3 is 15.2 Å². The summed E-state index contributed by atoms with van der Waals surface area (Å²) in [7, 11) is 0. The van der Waals surface area contributed by atoms with Crippen molar-refractivity contribution in [1.82, 2.24) is 20.5 Å². The van der Waals surface area contributed by atoms with Crippen molar-refractivity contribution in [2.24, 2.45) is 4.99 Å². The van der Waals surface area contributed by atoms with Crippen molar-refractivity contribution in [3.05, 3.63) is 169 Å². The van der Waals surface area contributed by atoms with Gasteiger partial charge in [0.25, 0.3) is 0 Å².